The van der Waals surface area contributed by atoms with Gasteiger partial charge in [-0.15, -0.1) is 0 Å². The van der Waals surface area contributed by atoms with E-state index in [1.54, 1.807) is 17.0 Å². The molecule has 0 bridgehead atoms. The standard InChI is InChI=1S/C32H31F2N3O4/c33-23-14-24(34)16-25(15-23)36-12-10-35(11-13-36)18-21-4-6-22(7-5-21)20-41-31-3-1-2-27-28(31)19-37(32(27)40)29-9-8-26(38)17-30(29)39/h1-7,14-16,29H,8-13,17-20H2. The molecule has 7 nitrogen and oxygen atoms in total. The zero-order valence-electron chi connectivity index (χ0n) is 22.7. The average molecular weight is 560 g/mol. The summed E-state index contributed by atoms with van der Waals surface area (Å²) >= 11 is 0. The normalized spacial score (nSPS) is 19.6. The van der Waals surface area contributed by atoms with E-state index in [2.05, 4.69) is 17.0 Å². The summed E-state index contributed by atoms with van der Waals surface area (Å²) in [7, 11) is 0. The van der Waals surface area contributed by atoms with Crippen LogP contribution in [0.15, 0.2) is 60.7 Å². The number of amides is 1. The van der Waals surface area contributed by atoms with E-state index in [0.717, 1.165) is 42.4 Å². The fourth-order valence-corrected chi connectivity index (χ4v) is 5.95. The first kappa shape index (κ1) is 27.1. The number of nitrogens with zero attached hydrogens (tertiary/aromatic N) is 3. The number of fused-ring (bicyclic) bond motifs is 1. The lowest BCUT2D eigenvalue weighted by molar-refractivity contribution is -0.133. The van der Waals surface area contributed by atoms with E-state index in [9.17, 15) is 23.2 Å². The van der Waals surface area contributed by atoms with Crippen molar-refractivity contribution in [3.05, 3.63) is 94.6 Å². The highest BCUT2D eigenvalue weighted by molar-refractivity contribution is 6.07. The summed E-state index contributed by atoms with van der Waals surface area (Å²) in [6.45, 7) is 4.40. The topological polar surface area (TPSA) is 70.2 Å². The highest BCUT2D eigenvalue weighted by Crippen LogP contribution is 2.34. The number of benzene rings is 3. The second kappa shape index (κ2) is 11.4. The van der Waals surface area contributed by atoms with Crippen LogP contribution in [0.3, 0.4) is 0 Å². The Hall–Kier alpha value is -4.11. The maximum atomic E-state index is 13.6. The van der Waals surface area contributed by atoms with Crippen LogP contribution in [0.25, 0.3) is 0 Å². The molecule has 1 saturated carbocycles. The van der Waals surface area contributed by atoms with Crippen molar-refractivity contribution in [1.29, 1.82) is 0 Å². The van der Waals surface area contributed by atoms with Gasteiger partial charge in [-0.3, -0.25) is 19.3 Å². The molecule has 2 aliphatic heterocycles. The fraction of sp³-hybridized carbons (Fsp3) is 0.344. The van der Waals surface area contributed by atoms with E-state index in [-0.39, 0.29) is 23.9 Å². The second-order valence-corrected chi connectivity index (χ2v) is 10.9. The predicted octanol–water partition coefficient (Wildman–Crippen LogP) is 4.51. The number of carbonyl (C=O) groups excluding carboxylic acids is 3. The Morgan fingerprint density at radius 1 is 0.854 bits per heavy atom. The first-order valence-electron chi connectivity index (χ1n) is 14.0. The summed E-state index contributed by atoms with van der Waals surface area (Å²) in [5, 5.41) is 0. The molecule has 212 valence electrons. The largest absolute Gasteiger partial charge is 0.489 e. The molecule has 1 atom stereocenters. The third-order valence-corrected chi connectivity index (χ3v) is 8.18. The predicted molar refractivity (Wildman–Crippen MR) is 149 cm³/mol. The van der Waals surface area contributed by atoms with Crippen LogP contribution in [-0.2, 0) is 29.3 Å². The second-order valence-electron chi connectivity index (χ2n) is 10.9. The number of ether oxygens (including phenoxy) is 1. The van der Waals surface area contributed by atoms with Gasteiger partial charge in [-0.25, -0.2) is 8.78 Å². The van der Waals surface area contributed by atoms with Crippen molar-refractivity contribution in [2.24, 2.45) is 0 Å². The molecule has 2 fully saturated rings. The van der Waals surface area contributed by atoms with Crippen LogP contribution in [0.4, 0.5) is 14.5 Å². The Bertz CT molecular complexity index is 1460. The first-order chi connectivity index (χ1) is 19.8. The minimum absolute atomic E-state index is 0.0632. The molecule has 1 amide bonds. The van der Waals surface area contributed by atoms with E-state index in [0.29, 0.717) is 56.1 Å². The lowest BCUT2D eigenvalue weighted by Gasteiger charge is -2.36. The molecule has 1 saturated heterocycles. The summed E-state index contributed by atoms with van der Waals surface area (Å²) in [6.07, 6.45) is 0.599. The van der Waals surface area contributed by atoms with Gasteiger partial charge in [-0.05, 0) is 41.8 Å². The molecular formula is C32H31F2N3O4. The smallest absolute Gasteiger partial charge is 0.255 e. The first-order valence-corrected chi connectivity index (χ1v) is 14.0. The van der Waals surface area contributed by atoms with Crippen molar-refractivity contribution in [1.82, 2.24) is 9.80 Å². The molecule has 0 spiro atoms. The highest BCUT2D eigenvalue weighted by atomic mass is 19.1. The summed E-state index contributed by atoms with van der Waals surface area (Å²) in [6, 6.07) is 16.7. The van der Waals surface area contributed by atoms with Crippen LogP contribution in [0, 0.1) is 11.6 Å². The summed E-state index contributed by atoms with van der Waals surface area (Å²) in [4.78, 5) is 43.1. The average Bonchev–Trinajstić information content (AvgIpc) is 3.29. The maximum Gasteiger partial charge on any atom is 0.255 e. The summed E-state index contributed by atoms with van der Waals surface area (Å²) in [5.74, 6) is -0.939. The van der Waals surface area contributed by atoms with Crippen molar-refractivity contribution in [3.63, 3.8) is 0 Å². The quantitative estimate of drug-likeness (QED) is 0.397. The van der Waals surface area contributed by atoms with E-state index in [4.69, 9.17) is 4.74 Å². The SMILES string of the molecule is O=C1CCC(N2Cc3c(OCc4ccc(CN5CCN(c6cc(F)cc(F)c6)CC5)cc4)cccc3C2=O)C(=O)C1. The van der Waals surface area contributed by atoms with E-state index in [1.165, 1.54) is 12.1 Å². The van der Waals surface area contributed by atoms with Crippen LogP contribution in [-0.4, -0.2) is 59.5 Å². The van der Waals surface area contributed by atoms with E-state index >= 15 is 0 Å². The van der Waals surface area contributed by atoms with Crippen LogP contribution in [0.5, 0.6) is 5.75 Å². The lowest BCUT2D eigenvalue weighted by Crippen LogP contribution is -2.46. The molecule has 3 aromatic carbocycles. The van der Waals surface area contributed by atoms with Crippen molar-refractivity contribution in [2.75, 3.05) is 31.1 Å². The number of ketones is 2. The summed E-state index contributed by atoms with van der Waals surface area (Å²) < 4.78 is 33.3. The van der Waals surface area contributed by atoms with Gasteiger partial charge in [0.25, 0.3) is 5.91 Å². The molecule has 1 aliphatic carbocycles. The number of halogens is 2. The lowest BCUT2D eigenvalue weighted by atomic mass is 9.92. The Balaban J connectivity index is 1.03. The van der Waals surface area contributed by atoms with Gasteiger partial charge in [0.05, 0.1) is 19.0 Å². The molecule has 41 heavy (non-hydrogen) atoms. The Labute approximate surface area is 237 Å². The van der Waals surface area contributed by atoms with Crippen molar-refractivity contribution in [2.45, 2.75) is 45.0 Å². The molecule has 0 radical (unpaired) electrons. The minimum Gasteiger partial charge on any atom is -0.489 e. The molecule has 0 aromatic heterocycles. The zero-order valence-corrected chi connectivity index (χ0v) is 22.7. The van der Waals surface area contributed by atoms with Gasteiger partial charge < -0.3 is 14.5 Å². The number of hydrogen-bond donors (Lipinski definition) is 0. The Morgan fingerprint density at radius 3 is 2.27 bits per heavy atom. The third kappa shape index (κ3) is 5.86. The van der Waals surface area contributed by atoms with Crippen molar-refractivity contribution < 1.29 is 27.9 Å². The van der Waals surface area contributed by atoms with Gasteiger partial charge in [-0.1, -0.05) is 30.3 Å². The molecule has 1 unspecified atom stereocenters. The van der Waals surface area contributed by atoms with Gasteiger partial charge in [-0.2, -0.15) is 0 Å². The van der Waals surface area contributed by atoms with E-state index < -0.39 is 17.7 Å². The Morgan fingerprint density at radius 2 is 1.56 bits per heavy atom. The monoisotopic (exact) mass is 559 g/mol. The molecular weight excluding hydrogens is 528 g/mol. The highest BCUT2D eigenvalue weighted by Gasteiger charge is 2.40. The van der Waals surface area contributed by atoms with Gasteiger partial charge >= 0.3 is 0 Å². The van der Waals surface area contributed by atoms with E-state index in [1.807, 2.05) is 23.1 Å². The third-order valence-electron chi connectivity index (χ3n) is 8.18. The van der Waals surface area contributed by atoms with Crippen molar-refractivity contribution in [3.8, 4) is 5.75 Å². The molecule has 9 heteroatoms. The summed E-state index contributed by atoms with van der Waals surface area (Å²) in [5.41, 5.74) is 4.05. The van der Waals surface area contributed by atoms with Gasteiger partial charge in [0, 0.05) is 62.0 Å². The maximum absolute atomic E-state index is 13.6. The molecule has 3 aliphatic rings. The van der Waals surface area contributed by atoms with Gasteiger partial charge in [0.2, 0.25) is 0 Å². The molecule has 3 aromatic rings. The number of Topliss-reactive ketones (excluding diaryl/α,β-unsaturated/α-hetero) is 2. The van der Waals surface area contributed by atoms with Crippen molar-refractivity contribution >= 4 is 23.2 Å². The number of anilines is 1. The molecule has 2 heterocycles. The number of piperazine rings is 1. The Kier molecular flexibility index (Phi) is 7.53. The van der Waals surface area contributed by atoms with Crippen LogP contribution in [0.2, 0.25) is 0 Å². The fourth-order valence-electron chi connectivity index (χ4n) is 5.95. The number of carbonyl (C=O) groups is 3. The van der Waals surface area contributed by atoms with Crippen LogP contribution in [0.1, 0.15) is 46.3 Å². The molecule has 6 rings (SSSR count). The number of rotatable bonds is 7. The molecule has 0 N–H and O–H groups in total. The van der Waals surface area contributed by atoms with Gasteiger partial charge in [0.15, 0.2) is 5.78 Å². The van der Waals surface area contributed by atoms with Crippen LogP contribution >= 0.6 is 0 Å². The van der Waals surface area contributed by atoms with Crippen LogP contribution < -0.4 is 9.64 Å². The number of hydrogen-bond acceptors (Lipinski definition) is 6. The zero-order chi connectivity index (χ0) is 28.5. The van der Waals surface area contributed by atoms with Gasteiger partial charge in [0.1, 0.15) is 29.8 Å². The minimum atomic E-state index is -0.562.